The van der Waals surface area contributed by atoms with Crippen molar-refractivity contribution in [2.75, 3.05) is 30.7 Å². The second-order valence-electron chi connectivity index (χ2n) is 7.27. The number of nitrogens with one attached hydrogen (secondary N) is 2. The number of hydrogen-bond donors (Lipinski definition) is 3. The second kappa shape index (κ2) is 8.72. The highest BCUT2D eigenvalue weighted by atomic mass is 32.2. The van der Waals surface area contributed by atoms with Crippen LogP contribution in [-0.4, -0.2) is 37.2 Å². The van der Waals surface area contributed by atoms with Gasteiger partial charge in [0.1, 0.15) is 0 Å². The first kappa shape index (κ1) is 18.3. The van der Waals surface area contributed by atoms with Gasteiger partial charge in [0.25, 0.3) is 5.91 Å². The maximum Gasteiger partial charge on any atom is 0.279 e. The molecule has 1 aromatic rings. The molecule has 0 bridgehead atoms. The van der Waals surface area contributed by atoms with Gasteiger partial charge in [-0.05, 0) is 37.3 Å². The van der Waals surface area contributed by atoms with Crippen LogP contribution >= 0.6 is 11.8 Å². The molecule has 1 unspecified atom stereocenters. The number of anilines is 1. The van der Waals surface area contributed by atoms with Crippen molar-refractivity contribution in [1.82, 2.24) is 0 Å². The number of amides is 2. The molecule has 3 atom stereocenters. The highest BCUT2D eigenvalue weighted by Gasteiger charge is 2.34. The van der Waals surface area contributed by atoms with E-state index >= 15 is 0 Å². The molecule has 3 rings (SSSR count). The first-order valence-electron chi connectivity index (χ1n) is 9.25. The Morgan fingerprint density at radius 2 is 1.92 bits per heavy atom. The van der Waals surface area contributed by atoms with E-state index in [0.29, 0.717) is 6.54 Å². The molecule has 2 aliphatic rings. The topological polar surface area (TPSA) is 76.6 Å². The lowest BCUT2D eigenvalue weighted by atomic mass is 9.75. The van der Waals surface area contributed by atoms with Crippen molar-refractivity contribution in [3.05, 3.63) is 24.3 Å². The molecule has 0 aromatic heterocycles. The number of piperidine rings is 1. The van der Waals surface area contributed by atoms with Gasteiger partial charge in [-0.1, -0.05) is 25.0 Å². The van der Waals surface area contributed by atoms with Gasteiger partial charge in [-0.15, -0.1) is 11.8 Å². The van der Waals surface area contributed by atoms with Crippen LogP contribution in [0.15, 0.2) is 29.2 Å². The van der Waals surface area contributed by atoms with Gasteiger partial charge in [0.2, 0.25) is 5.91 Å². The van der Waals surface area contributed by atoms with E-state index in [1.165, 1.54) is 48.8 Å². The highest BCUT2D eigenvalue weighted by molar-refractivity contribution is 8.00. The normalized spacial score (nSPS) is 25.8. The molecular weight excluding hydrogens is 334 g/mol. The fourth-order valence-electron chi connectivity index (χ4n) is 4.22. The van der Waals surface area contributed by atoms with E-state index in [2.05, 4.69) is 5.32 Å². The van der Waals surface area contributed by atoms with Crippen molar-refractivity contribution in [2.45, 2.75) is 37.0 Å². The molecule has 25 heavy (non-hydrogen) atoms. The highest BCUT2D eigenvalue weighted by Crippen LogP contribution is 2.32. The number of benzene rings is 1. The van der Waals surface area contributed by atoms with E-state index in [4.69, 9.17) is 5.73 Å². The lowest BCUT2D eigenvalue weighted by molar-refractivity contribution is -0.902. The van der Waals surface area contributed by atoms with Crippen LogP contribution in [0.5, 0.6) is 0 Å². The quantitative estimate of drug-likeness (QED) is 0.668. The number of para-hydroxylation sites is 1. The third-order valence-electron chi connectivity index (χ3n) is 5.43. The minimum Gasteiger partial charge on any atom is -0.369 e. The molecule has 0 spiro atoms. The largest absolute Gasteiger partial charge is 0.369 e. The monoisotopic (exact) mass is 362 g/mol. The van der Waals surface area contributed by atoms with Crippen molar-refractivity contribution < 1.29 is 14.5 Å². The first-order chi connectivity index (χ1) is 12.1. The summed E-state index contributed by atoms with van der Waals surface area (Å²) in [5.74, 6) is 1.62. The van der Waals surface area contributed by atoms with Gasteiger partial charge < -0.3 is 16.0 Å². The number of rotatable bonds is 6. The molecule has 1 saturated carbocycles. The zero-order chi connectivity index (χ0) is 17.6. The van der Waals surface area contributed by atoms with E-state index < -0.39 is 0 Å². The molecule has 1 heterocycles. The van der Waals surface area contributed by atoms with Gasteiger partial charge in [-0.2, -0.15) is 0 Å². The summed E-state index contributed by atoms with van der Waals surface area (Å²) in [6, 6.07) is 7.58. The predicted octanol–water partition coefficient (Wildman–Crippen LogP) is 1.30. The average Bonchev–Trinajstić information content (AvgIpc) is 2.60. The summed E-state index contributed by atoms with van der Waals surface area (Å²) in [7, 11) is 0. The number of carbonyl (C=O) groups is 2. The van der Waals surface area contributed by atoms with Gasteiger partial charge in [0.15, 0.2) is 6.54 Å². The molecule has 2 amide bonds. The van der Waals surface area contributed by atoms with Crippen molar-refractivity contribution in [3.63, 3.8) is 0 Å². The molecule has 6 heteroatoms. The zero-order valence-corrected chi connectivity index (χ0v) is 15.4. The Bertz CT molecular complexity index is 622. The number of thioether (sulfide) groups is 1. The van der Waals surface area contributed by atoms with Crippen molar-refractivity contribution >= 4 is 29.3 Å². The zero-order valence-electron chi connectivity index (χ0n) is 14.6. The summed E-state index contributed by atoms with van der Waals surface area (Å²) < 4.78 is 0. The molecule has 1 saturated heterocycles. The van der Waals surface area contributed by atoms with Crippen LogP contribution in [0.1, 0.15) is 32.1 Å². The van der Waals surface area contributed by atoms with Crippen LogP contribution in [0.3, 0.4) is 0 Å². The Hall–Kier alpha value is -1.53. The first-order valence-corrected chi connectivity index (χ1v) is 10.2. The van der Waals surface area contributed by atoms with Crippen molar-refractivity contribution in [2.24, 2.45) is 17.6 Å². The maximum absolute atomic E-state index is 12.5. The van der Waals surface area contributed by atoms with Crippen LogP contribution in [0.25, 0.3) is 0 Å². The molecule has 2 fully saturated rings. The molecule has 136 valence electrons. The Morgan fingerprint density at radius 3 is 2.72 bits per heavy atom. The molecule has 0 radical (unpaired) electrons. The van der Waals surface area contributed by atoms with Gasteiger partial charge in [0, 0.05) is 10.8 Å². The third-order valence-corrected chi connectivity index (χ3v) is 6.52. The van der Waals surface area contributed by atoms with Crippen LogP contribution < -0.4 is 16.0 Å². The molecular formula is C19H28N3O2S+. The predicted molar refractivity (Wildman–Crippen MR) is 101 cm³/mol. The van der Waals surface area contributed by atoms with Crippen molar-refractivity contribution in [3.8, 4) is 0 Å². The number of hydrogen-bond acceptors (Lipinski definition) is 3. The summed E-state index contributed by atoms with van der Waals surface area (Å²) in [5, 5.41) is 3.02. The average molecular weight is 363 g/mol. The van der Waals surface area contributed by atoms with Gasteiger partial charge in [0.05, 0.1) is 24.5 Å². The van der Waals surface area contributed by atoms with Crippen LogP contribution in [0.2, 0.25) is 0 Å². The Balaban J connectivity index is 1.53. The van der Waals surface area contributed by atoms with E-state index in [-0.39, 0.29) is 17.6 Å². The van der Waals surface area contributed by atoms with Gasteiger partial charge >= 0.3 is 0 Å². The molecule has 1 aliphatic carbocycles. The fourth-order valence-corrected chi connectivity index (χ4v) is 4.97. The molecule has 5 nitrogen and oxygen atoms in total. The fraction of sp³-hybridized carbons (Fsp3) is 0.579. The molecule has 1 aliphatic heterocycles. The number of quaternary nitrogens is 1. The van der Waals surface area contributed by atoms with Crippen LogP contribution in [0.4, 0.5) is 5.69 Å². The standard InChI is InChI=1S/C19H27N3O2S/c20-18(23)13-25-17-8-4-3-7-16(17)21-19(24)12-22-10-9-14-5-1-2-6-15(14)11-22/h3-4,7-8,14-15H,1-2,5-6,9-13H2,(H2,20,23)(H,21,24)/p+1/t14-,15-/m1/s1. The number of primary amides is 1. The van der Waals surface area contributed by atoms with Crippen LogP contribution in [0, 0.1) is 11.8 Å². The summed E-state index contributed by atoms with van der Waals surface area (Å²) in [6.45, 7) is 2.76. The lowest BCUT2D eigenvalue weighted by Gasteiger charge is -2.38. The van der Waals surface area contributed by atoms with E-state index in [1.54, 1.807) is 0 Å². The van der Waals surface area contributed by atoms with Crippen LogP contribution in [-0.2, 0) is 9.59 Å². The Labute approximate surface area is 153 Å². The SMILES string of the molecule is NC(=O)CSc1ccccc1NC(=O)C[NH+]1CC[C@H]2CCCC[C@@H]2C1. The Morgan fingerprint density at radius 1 is 1.16 bits per heavy atom. The molecule has 4 N–H and O–H groups in total. The van der Waals surface area contributed by atoms with Gasteiger partial charge in [-0.3, -0.25) is 9.59 Å². The summed E-state index contributed by atoms with van der Waals surface area (Å²) in [5.41, 5.74) is 5.99. The van der Waals surface area contributed by atoms with Gasteiger partial charge in [-0.25, -0.2) is 0 Å². The van der Waals surface area contributed by atoms with E-state index in [9.17, 15) is 9.59 Å². The minimum absolute atomic E-state index is 0.0522. The Kier molecular flexibility index (Phi) is 6.37. The maximum atomic E-state index is 12.5. The number of fused-ring (bicyclic) bond motifs is 1. The number of nitrogens with two attached hydrogens (primary N) is 1. The summed E-state index contributed by atoms with van der Waals surface area (Å²) in [4.78, 5) is 25.8. The van der Waals surface area contributed by atoms with E-state index in [0.717, 1.165) is 35.5 Å². The molecule has 1 aromatic carbocycles. The summed E-state index contributed by atoms with van der Waals surface area (Å²) >= 11 is 1.36. The lowest BCUT2D eigenvalue weighted by Crippen LogP contribution is -3.15. The number of carbonyl (C=O) groups excluding carboxylic acids is 2. The smallest absolute Gasteiger partial charge is 0.279 e. The summed E-state index contributed by atoms with van der Waals surface area (Å²) in [6.07, 6.45) is 6.72. The van der Waals surface area contributed by atoms with E-state index in [1.807, 2.05) is 24.3 Å². The third kappa shape index (κ3) is 5.22. The minimum atomic E-state index is -0.356. The van der Waals surface area contributed by atoms with Crippen molar-refractivity contribution in [1.29, 1.82) is 0 Å². The number of likely N-dealkylation sites (tertiary alicyclic amines) is 1. The second-order valence-corrected chi connectivity index (χ2v) is 8.29.